The van der Waals surface area contributed by atoms with Gasteiger partial charge in [0.15, 0.2) is 0 Å². The summed E-state index contributed by atoms with van der Waals surface area (Å²) in [6.07, 6.45) is 0.156. The number of para-hydroxylation sites is 1. The molecule has 4 heteroatoms. The molecule has 4 nitrogen and oxygen atoms in total. The number of hydrogen-bond donors (Lipinski definition) is 1. The molecule has 2 atom stereocenters. The minimum atomic E-state index is -0.0259. The van der Waals surface area contributed by atoms with Crippen LogP contribution in [0.25, 0.3) is 0 Å². The fourth-order valence-corrected chi connectivity index (χ4v) is 3.23. The number of ether oxygens (including phenoxy) is 1. The van der Waals surface area contributed by atoms with Crippen molar-refractivity contribution in [2.45, 2.75) is 65.6 Å². The Morgan fingerprint density at radius 2 is 1.57 bits per heavy atom. The molecular weight excluding hydrogens is 288 g/mol. The Balaban J connectivity index is 2.26. The fraction of sp³-hybridized carbons (Fsp3) is 0.632. The Labute approximate surface area is 140 Å². The second kappa shape index (κ2) is 7.35. The highest BCUT2D eigenvalue weighted by atomic mass is 16.5. The smallest absolute Gasteiger partial charge is 0.322 e. The zero-order valence-electron chi connectivity index (χ0n) is 15.2. The molecule has 1 aliphatic rings. The zero-order chi connectivity index (χ0) is 17.1. The first-order valence-corrected chi connectivity index (χ1v) is 8.63. The molecule has 1 aromatic rings. The summed E-state index contributed by atoms with van der Waals surface area (Å²) in [6.45, 7) is 13.9. The van der Waals surface area contributed by atoms with Gasteiger partial charge < -0.3 is 15.0 Å². The summed E-state index contributed by atoms with van der Waals surface area (Å²) in [5.74, 6) is 0.734. The van der Waals surface area contributed by atoms with Crippen LogP contribution in [0.15, 0.2) is 18.2 Å². The molecule has 1 saturated heterocycles. The summed E-state index contributed by atoms with van der Waals surface area (Å²) in [6, 6.07) is 6.27. The summed E-state index contributed by atoms with van der Waals surface area (Å²) in [4.78, 5) is 14.6. The van der Waals surface area contributed by atoms with Crippen LogP contribution >= 0.6 is 0 Å². The molecular formula is C19H30N2O2. The summed E-state index contributed by atoms with van der Waals surface area (Å²) in [5.41, 5.74) is 3.37. The number of carbonyl (C=O) groups is 1. The number of urea groups is 1. The topological polar surface area (TPSA) is 41.6 Å². The maximum absolute atomic E-state index is 12.8. The average molecular weight is 318 g/mol. The van der Waals surface area contributed by atoms with E-state index in [-0.39, 0.29) is 18.2 Å². The van der Waals surface area contributed by atoms with Gasteiger partial charge in [0.25, 0.3) is 0 Å². The largest absolute Gasteiger partial charge is 0.372 e. The van der Waals surface area contributed by atoms with E-state index in [1.165, 1.54) is 11.1 Å². The van der Waals surface area contributed by atoms with Crippen LogP contribution in [0.3, 0.4) is 0 Å². The van der Waals surface area contributed by atoms with E-state index in [2.05, 4.69) is 51.2 Å². The molecule has 1 fully saturated rings. The third-order valence-electron chi connectivity index (χ3n) is 4.31. The van der Waals surface area contributed by atoms with Crippen molar-refractivity contribution in [3.05, 3.63) is 29.3 Å². The zero-order valence-corrected chi connectivity index (χ0v) is 15.2. The van der Waals surface area contributed by atoms with E-state index >= 15 is 0 Å². The van der Waals surface area contributed by atoms with E-state index in [0.717, 1.165) is 5.69 Å². The molecule has 2 amide bonds. The van der Waals surface area contributed by atoms with Crippen molar-refractivity contribution < 1.29 is 9.53 Å². The van der Waals surface area contributed by atoms with Gasteiger partial charge in [-0.25, -0.2) is 4.79 Å². The van der Waals surface area contributed by atoms with Gasteiger partial charge in [-0.3, -0.25) is 0 Å². The number of nitrogens with one attached hydrogen (secondary N) is 1. The molecule has 0 aromatic heterocycles. The monoisotopic (exact) mass is 318 g/mol. The van der Waals surface area contributed by atoms with Gasteiger partial charge in [0.1, 0.15) is 0 Å². The number of amides is 2. The summed E-state index contributed by atoms with van der Waals surface area (Å²) in [7, 11) is 0. The molecule has 0 unspecified atom stereocenters. The van der Waals surface area contributed by atoms with Crippen LogP contribution in [-0.2, 0) is 4.74 Å². The molecule has 0 radical (unpaired) electrons. The number of morpholine rings is 1. The van der Waals surface area contributed by atoms with E-state index in [9.17, 15) is 4.79 Å². The second-order valence-electron chi connectivity index (χ2n) is 7.21. The molecule has 1 heterocycles. The van der Waals surface area contributed by atoms with Gasteiger partial charge in [0.05, 0.1) is 12.2 Å². The predicted molar refractivity (Wildman–Crippen MR) is 95.2 cm³/mol. The Bertz CT molecular complexity index is 518. The SMILES string of the molecule is CC(C)c1cccc(C(C)C)c1NC(=O)N1C[C@H](C)O[C@@H](C)C1. The highest BCUT2D eigenvalue weighted by Gasteiger charge is 2.27. The number of anilines is 1. The minimum Gasteiger partial charge on any atom is -0.372 e. The number of rotatable bonds is 3. The van der Waals surface area contributed by atoms with Gasteiger partial charge in [0, 0.05) is 18.8 Å². The quantitative estimate of drug-likeness (QED) is 0.886. The van der Waals surface area contributed by atoms with Crippen LogP contribution in [0.1, 0.15) is 64.5 Å². The van der Waals surface area contributed by atoms with Crippen LogP contribution in [0.5, 0.6) is 0 Å². The van der Waals surface area contributed by atoms with E-state index < -0.39 is 0 Å². The van der Waals surface area contributed by atoms with E-state index in [1.54, 1.807) is 0 Å². The van der Waals surface area contributed by atoms with Crippen molar-refractivity contribution in [1.29, 1.82) is 0 Å². The first-order chi connectivity index (χ1) is 10.8. The Morgan fingerprint density at radius 1 is 1.09 bits per heavy atom. The maximum Gasteiger partial charge on any atom is 0.322 e. The van der Waals surface area contributed by atoms with Gasteiger partial charge in [-0.15, -0.1) is 0 Å². The van der Waals surface area contributed by atoms with Gasteiger partial charge in [0.2, 0.25) is 0 Å². The molecule has 0 spiro atoms. The van der Waals surface area contributed by atoms with Gasteiger partial charge in [-0.1, -0.05) is 45.9 Å². The van der Waals surface area contributed by atoms with Crippen LogP contribution < -0.4 is 5.32 Å². The van der Waals surface area contributed by atoms with Crippen molar-refractivity contribution in [3.8, 4) is 0 Å². The molecule has 0 saturated carbocycles. The first kappa shape index (κ1) is 17.8. The average Bonchev–Trinajstić information content (AvgIpc) is 2.45. The van der Waals surface area contributed by atoms with Crippen LogP contribution in [-0.4, -0.2) is 36.2 Å². The van der Waals surface area contributed by atoms with Crippen LogP contribution in [0.4, 0.5) is 10.5 Å². The van der Waals surface area contributed by atoms with Crippen LogP contribution in [0, 0.1) is 0 Å². The molecule has 1 aliphatic heterocycles. The molecule has 0 aliphatic carbocycles. The second-order valence-corrected chi connectivity index (χ2v) is 7.21. The van der Waals surface area contributed by atoms with Crippen LogP contribution in [0.2, 0.25) is 0 Å². The summed E-state index contributed by atoms with van der Waals surface area (Å²) in [5, 5.41) is 3.18. The Hall–Kier alpha value is -1.55. The molecule has 23 heavy (non-hydrogen) atoms. The third-order valence-corrected chi connectivity index (χ3v) is 4.31. The molecule has 128 valence electrons. The molecule has 1 aromatic carbocycles. The number of nitrogens with zero attached hydrogens (tertiary/aromatic N) is 1. The lowest BCUT2D eigenvalue weighted by molar-refractivity contribution is -0.0530. The number of carbonyl (C=O) groups excluding carboxylic acids is 1. The van der Waals surface area contributed by atoms with Crippen molar-refractivity contribution in [2.24, 2.45) is 0 Å². The lowest BCUT2D eigenvalue weighted by atomic mass is 9.93. The highest BCUT2D eigenvalue weighted by Crippen LogP contribution is 2.32. The molecule has 1 N–H and O–H groups in total. The van der Waals surface area contributed by atoms with Crippen molar-refractivity contribution >= 4 is 11.7 Å². The Morgan fingerprint density at radius 3 is 2.00 bits per heavy atom. The number of benzene rings is 1. The maximum atomic E-state index is 12.8. The van der Waals surface area contributed by atoms with Crippen molar-refractivity contribution in [2.75, 3.05) is 18.4 Å². The van der Waals surface area contributed by atoms with Gasteiger partial charge in [-0.05, 0) is 36.8 Å². The highest BCUT2D eigenvalue weighted by molar-refractivity contribution is 5.91. The summed E-state index contributed by atoms with van der Waals surface area (Å²) < 4.78 is 5.72. The predicted octanol–water partition coefficient (Wildman–Crippen LogP) is 4.57. The lowest BCUT2D eigenvalue weighted by Gasteiger charge is -2.35. The Kier molecular flexibility index (Phi) is 5.69. The molecule has 0 bridgehead atoms. The van der Waals surface area contributed by atoms with Crippen molar-refractivity contribution in [1.82, 2.24) is 4.90 Å². The minimum absolute atomic E-state index is 0.0259. The fourth-order valence-electron chi connectivity index (χ4n) is 3.23. The standard InChI is InChI=1S/C19H30N2O2/c1-12(2)16-8-7-9-17(13(3)4)18(16)20-19(22)21-10-14(5)23-15(6)11-21/h7-9,12-15H,10-11H2,1-6H3,(H,20,22)/t14-,15-/m0/s1. The lowest BCUT2D eigenvalue weighted by Crippen LogP contribution is -2.49. The summed E-state index contributed by atoms with van der Waals surface area (Å²) >= 11 is 0. The van der Waals surface area contributed by atoms with E-state index in [0.29, 0.717) is 24.9 Å². The van der Waals surface area contributed by atoms with Gasteiger partial charge >= 0.3 is 6.03 Å². The first-order valence-electron chi connectivity index (χ1n) is 8.63. The van der Waals surface area contributed by atoms with E-state index in [1.807, 2.05) is 18.7 Å². The van der Waals surface area contributed by atoms with Gasteiger partial charge in [-0.2, -0.15) is 0 Å². The van der Waals surface area contributed by atoms with Crippen molar-refractivity contribution in [3.63, 3.8) is 0 Å². The third kappa shape index (κ3) is 4.25. The normalized spacial score (nSPS) is 21.8. The van der Waals surface area contributed by atoms with E-state index in [4.69, 9.17) is 4.74 Å². The number of hydrogen-bond acceptors (Lipinski definition) is 2. The molecule has 2 rings (SSSR count).